The minimum atomic E-state index is -0.783. The van der Waals surface area contributed by atoms with E-state index in [0.29, 0.717) is 17.1 Å². The number of benzene rings is 2. The van der Waals surface area contributed by atoms with E-state index in [-0.39, 0.29) is 17.7 Å². The Bertz CT molecular complexity index is 798. The molecule has 2 aromatic rings. The van der Waals surface area contributed by atoms with E-state index in [4.69, 9.17) is 9.47 Å². The Kier molecular flexibility index (Phi) is 4.90. The summed E-state index contributed by atoms with van der Waals surface area (Å²) in [5.41, 5.74) is 1.75. The highest BCUT2D eigenvalue weighted by atomic mass is 16.5. The highest BCUT2D eigenvalue weighted by Crippen LogP contribution is 2.47. The van der Waals surface area contributed by atoms with E-state index < -0.39 is 6.04 Å². The number of carbonyl (C=O) groups is 1. The monoisotopic (exact) mass is 336 g/mol. The highest BCUT2D eigenvalue weighted by molar-refractivity contribution is 5.83. The average molecular weight is 336 g/mol. The fourth-order valence-electron chi connectivity index (χ4n) is 3.12. The SMILES string of the molecule is COc1cccc(C(C#N)NC(=O)C2CC2c2ccccc2)c1OC. The summed E-state index contributed by atoms with van der Waals surface area (Å²) in [5, 5.41) is 12.4. The highest BCUT2D eigenvalue weighted by Gasteiger charge is 2.44. The summed E-state index contributed by atoms with van der Waals surface area (Å²) < 4.78 is 10.6. The van der Waals surface area contributed by atoms with Crippen LogP contribution in [0.1, 0.15) is 29.5 Å². The first kappa shape index (κ1) is 16.8. The standard InChI is InChI=1S/C20H20N2O3/c1-24-18-10-6-9-14(19(18)25-2)17(12-21)22-20(23)16-11-15(16)13-7-4-3-5-8-13/h3-10,15-17H,11H2,1-2H3,(H,22,23). The Morgan fingerprint density at radius 3 is 2.56 bits per heavy atom. The minimum absolute atomic E-state index is 0.0881. The van der Waals surface area contributed by atoms with Crippen LogP contribution in [0.4, 0.5) is 0 Å². The summed E-state index contributed by atoms with van der Waals surface area (Å²) in [6.45, 7) is 0. The first-order valence-electron chi connectivity index (χ1n) is 8.15. The first-order valence-corrected chi connectivity index (χ1v) is 8.15. The maximum absolute atomic E-state index is 12.6. The Labute approximate surface area is 147 Å². The van der Waals surface area contributed by atoms with Gasteiger partial charge in [-0.2, -0.15) is 5.26 Å². The predicted octanol–water partition coefficient (Wildman–Crippen LogP) is 3.19. The molecule has 5 heteroatoms. The summed E-state index contributed by atoms with van der Waals surface area (Å²) >= 11 is 0. The molecule has 1 fully saturated rings. The zero-order chi connectivity index (χ0) is 17.8. The van der Waals surface area contributed by atoms with Crippen LogP contribution >= 0.6 is 0 Å². The normalized spacial score (nSPS) is 19.4. The third-order valence-corrected chi connectivity index (χ3v) is 4.52. The van der Waals surface area contributed by atoms with Gasteiger partial charge in [-0.3, -0.25) is 4.79 Å². The van der Waals surface area contributed by atoms with Gasteiger partial charge in [-0.25, -0.2) is 0 Å². The van der Waals surface area contributed by atoms with Crippen molar-refractivity contribution in [3.63, 3.8) is 0 Å². The van der Waals surface area contributed by atoms with E-state index >= 15 is 0 Å². The van der Waals surface area contributed by atoms with Gasteiger partial charge >= 0.3 is 0 Å². The molecule has 3 rings (SSSR count). The maximum Gasteiger partial charge on any atom is 0.225 e. The number of nitriles is 1. The second kappa shape index (κ2) is 7.27. The molecule has 1 N–H and O–H groups in total. The maximum atomic E-state index is 12.6. The zero-order valence-electron chi connectivity index (χ0n) is 14.2. The van der Waals surface area contributed by atoms with Crippen molar-refractivity contribution >= 4 is 5.91 Å². The molecule has 0 saturated heterocycles. The molecule has 5 nitrogen and oxygen atoms in total. The Morgan fingerprint density at radius 1 is 1.16 bits per heavy atom. The van der Waals surface area contributed by atoms with Gasteiger partial charge in [-0.05, 0) is 24.0 Å². The summed E-state index contributed by atoms with van der Waals surface area (Å²) in [4.78, 5) is 12.6. The van der Waals surface area contributed by atoms with Crippen molar-refractivity contribution in [2.45, 2.75) is 18.4 Å². The van der Waals surface area contributed by atoms with E-state index in [1.807, 2.05) is 30.3 Å². The number of amides is 1. The van der Waals surface area contributed by atoms with Gasteiger partial charge < -0.3 is 14.8 Å². The minimum Gasteiger partial charge on any atom is -0.493 e. The smallest absolute Gasteiger partial charge is 0.225 e. The quantitative estimate of drug-likeness (QED) is 0.879. The lowest BCUT2D eigenvalue weighted by atomic mass is 10.0. The van der Waals surface area contributed by atoms with Gasteiger partial charge in [0, 0.05) is 11.5 Å². The number of para-hydroxylation sites is 1. The number of carbonyl (C=O) groups excluding carboxylic acids is 1. The van der Waals surface area contributed by atoms with E-state index in [2.05, 4.69) is 11.4 Å². The Morgan fingerprint density at radius 2 is 1.92 bits per heavy atom. The van der Waals surface area contributed by atoms with Gasteiger partial charge in [0.2, 0.25) is 5.91 Å². The number of nitrogens with zero attached hydrogens (tertiary/aromatic N) is 1. The molecule has 1 aliphatic carbocycles. The first-order chi connectivity index (χ1) is 12.2. The van der Waals surface area contributed by atoms with Crippen molar-refractivity contribution in [1.29, 1.82) is 5.26 Å². The fourth-order valence-corrected chi connectivity index (χ4v) is 3.12. The number of rotatable bonds is 6. The van der Waals surface area contributed by atoms with Gasteiger partial charge in [0.1, 0.15) is 6.04 Å². The topological polar surface area (TPSA) is 71.3 Å². The lowest BCUT2D eigenvalue weighted by molar-refractivity contribution is -0.122. The molecule has 1 aliphatic rings. The van der Waals surface area contributed by atoms with Gasteiger partial charge in [-0.15, -0.1) is 0 Å². The molecule has 1 amide bonds. The third-order valence-electron chi connectivity index (χ3n) is 4.52. The van der Waals surface area contributed by atoms with Crippen molar-refractivity contribution in [1.82, 2.24) is 5.32 Å². The predicted molar refractivity (Wildman–Crippen MR) is 93.3 cm³/mol. The van der Waals surface area contributed by atoms with E-state index in [9.17, 15) is 10.1 Å². The molecule has 0 bridgehead atoms. The van der Waals surface area contributed by atoms with Crippen LogP contribution in [0.25, 0.3) is 0 Å². The number of hydrogen-bond acceptors (Lipinski definition) is 4. The molecule has 1 saturated carbocycles. The second-order valence-corrected chi connectivity index (χ2v) is 6.01. The van der Waals surface area contributed by atoms with Crippen molar-refractivity contribution in [2.24, 2.45) is 5.92 Å². The Hall–Kier alpha value is -3.00. The van der Waals surface area contributed by atoms with E-state index in [1.54, 1.807) is 18.2 Å². The number of nitrogens with one attached hydrogen (secondary N) is 1. The molecule has 0 heterocycles. The van der Waals surface area contributed by atoms with Crippen molar-refractivity contribution < 1.29 is 14.3 Å². The summed E-state index contributed by atoms with van der Waals surface area (Å²) in [6.07, 6.45) is 0.809. The summed E-state index contributed by atoms with van der Waals surface area (Å²) in [7, 11) is 3.06. The molecule has 0 aliphatic heterocycles. The summed E-state index contributed by atoms with van der Waals surface area (Å²) in [5.74, 6) is 1.03. The molecule has 0 aromatic heterocycles. The van der Waals surface area contributed by atoms with Crippen LogP contribution in [0.15, 0.2) is 48.5 Å². The molecule has 3 atom stereocenters. The van der Waals surface area contributed by atoms with Crippen LogP contribution in [0.2, 0.25) is 0 Å². The number of hydrogen-bond donors (Lipinski definition) is 1. The van der Waals surface area contributed by atoms with Gasteiger partial charge in [0.15, 0.2) is 11.5 Å². The van der Waals surface area contributed by atoms with Crippen LogP contribution in [0.3, 0.4) is 0 Å². The lowest BCUT2D eigenvalue weighted by Crippen LogP contribution is -2.29. The van der Waals surface area contributed by atoms with Crippen LogP contribution in [0, 0.1) is 17.2 Å². The Balaban J connectivity index is 1.74. The molecule has 0 spiro atoms. The van der Waals surface area contributed by atoms with Crippen molar-refractivity contribution in [3.05, 3.63) is 59.7 Å². The molecule has 25 heavy (non-hydrogen) atoms. The van der Waals surface area contributed by atoms with Crippen LogP contribution in [-0.4, -0.2) is 20.1 Å². The van der Waals surface area contributed by atoms with Gasteiger partial charge in [-0.1, -0.05) is 42.5 Å². The third kappa shape index (κ3) is 3.43. The lowest BCUT2D eigenvalue weighted by Gasteiger charge is -2.17. The molecular weight excluding hydrogens is 316 g/mol. The van der Waals surface area contributed by atoms with Gasteiger partial charge in [0.25, 0.3) is 0 Å². The zero-order valence-corrected chi connectivity index (χ0v) is 14.2. The van der Waals surface area contributed by atoms with Crippen molar-refractivity contribution in [3.8, 4) is 17.6 Å². The molecule has 128 valence electrons. The average Bonchev–Trinajstić information content (AvgIpc) is 3.47. The molecule has 0 radical (unpaired) electrons. The van der Waals surface area contributed by atoms with Gasteiger partial charge in [0.05, 0.1) is 20.3 Å². The number of methoxy groups -OCH3 is 2. The largest absolute Gasteiger partial charge is 0.493 e. The van der Waals surface area contributed by atoms with Crippen molar-refractivity contribution in [2.75, 3.05) is 14.2 Å². The second-order valence-electron chi connectivity index (χ2n) is 6.01. The number of ether oxygens (including phenoxy) is 2. The molecular formula is C20H20N2O3. The van der Waals surface area contributed by atoms with E-state index in [0.717, 1.165) is 12.0 Å². The van der Waals surface area contributed by atoms with E-state index in [1.165, 1.54) is 14.2 Å². The molecule has 2 aromatic carbocycles. The fraction of sp³-hybridized carbons (Fsp3) is 0.300. The van der Waals surface area contributed by atoms with Crippen LogP contribution in [0.5, 0.6) is 11.5 Å². The molecule has 3 unspecified atom stereocenters. The van der Waals surface area contributed by atoms with Crippen LogP contribution < -0.4 is 14.8 Å². The van der Waals surface area contributed by atoms with Crippen LogP contribution in [-0.2, 0) is 4.79 Å². The summed E-state index contributed by atoms with van der Waals surface area (Å²) in [6, 6.07) is 16.6.